The molecule has 4 nitrogen and oxygen atoms in total. The van der Waals surface area contributed by atoms with Crippen molar-refractivity contribution in [2.24, 2.45) is 0 Å². The molecule has 0 radical (unpaired) electrons. The van der Waals surface area contributed by atoms with E-state index < -0.39 is 18.4 Å². The van der Waals surface area contributed by atoms with Gasteiger partial charge in [-0.3, -0.25) is 0 Å². The maximum Gasteiger partial charge on any atom is 0.346 e. The van der Waals surface area contributed by atoms with Gasteiger partial charge in [-0.2, -0.15) is 0 Å². The molecule has 0 aromatic carbocycles. The Morgan fingerprint density at radius 3 is 2.50 bits per heavy atom. The predicted molar refractivity (Wildman–Crippen MR) is 39.2 cm³/mol. The van der Waals surface area contributed by atoms with Crippen molar-refractivity contribution in [2.45, 2.75) is 26.3 Å². The first-order chi connectivity index (χ1) is 5.63. The fourth-order valence-electron chi connectivity index (χ4n) is 0.594. The lowest BCUT2D eigenvalue weighted by atomic mass is 10.4. The maximum atomic E-state index is 12.7. The molecule has 0 heterocycles. The van der Waals surface area contributed by atoms with Crippen LogP contribution in [0.5, 0.6) is 0 Å². The van der Waals surface area contributed by atoms with Crippen molar-refractivity contribution in [3.63, 3.8) is 0 Å². The summed E-state index contributed by atoms with van der Waals surface area (Å²) >= 11 is 0. The van der Waals surface area contributed by atoms with Gasteiger partial charge >= 0.3 is 5.97 Å². The molecule has 1 N–H and O–H groups in total. The van der Waals surface area contributed by atoms with Crippen molar-refractivity contribution in [3.05, 3.63) is 0 Å². The van der Waals surface area contributed by atoms with E-state index in [1.165, 1.54) is 0 Å². The maximum absolute atomic E-state index is 12.7. The Hall–Kier alpha value is -0.680. The third-order valence-corrected chi connectivity index (χ3v) is 1.10. The molecule has 0 fully saturated rings. The van der Waals surface area contributed by atoms with Gasteiger partial charge in [0.25, 0.3) is 0 Å². The van der Waals surface area contributed by atoms with Crippen LogP contribution in [0.3, 0.4) is 0 Å². The largest absolute Gasteiger partial charge is 0.464 e. The molecule has 0 amide bonds. The van der Waals surface area contributed by atoms with E-state index in [9.17, 15) is 9.18 Å². The molecule has 0 aliphatic carbocycles. The second kappa shape index (κ2) is 5.91. The molecule has 0 rings (SSSR count). The lowest BCUT2D eigenvalue weighted by molar-refractivity contribution is -0.176. The minimum absolute atomic E-state index is 0.0814. The Balaban J connectivity index is 3.82. The van der Waals surface area contributed by atoms with E-state index >= 15 is 0 Å². The van der Waals surface area contributed by atoms with E-state index in [2.05, 4.69) is 9.47 Å². The summed E-state index contributed by atoms with van der Waals surface area (Å²) in [6.45, 7) is 3.36. The van der Waals surface area contributed by atoms with Gasteiger partial charge in [0.05, 0.1) is 6.61 Å². The summed E-state index contributed by atoms with van der Waals surface area (Å²) in [5.41, 5.74) is 0. The molecule has 72 valence electrons. The van der Waals surface area contributed by atoms with E-state index in [1.807, 2.05) is 0 Å². The second-order valence-corrected chi connectivity index (χ2v) is 2.00. The summed E-state index contributed by atoms with van der Waals surface area (Å²) in [7, 11) is 0. The quantitative estimate of drug-likeness (QED) is 0.486. The van der Waals surface area contributed by atoms with Gasteiger partial charge < -0.3 is 14.6 Å². The Labute approximate surface area is 70.3 Å². The van der Waals surface area contributed by atoms with Gasteiger partial charge in [0.15, 0.2) is 6.29 Å². The summed E-state index contributed by atoms with van der Waals surface area (Å²) in [5, 5.41) is 8.82. The number of ether oxygens (including phenoxy) is 2. The fourth-order valence-corrected chi connectivity index (χ4v) is 0.594. The number of halogens is 1. The third-order valence-electron chi connectivity index (χ3n) is 1.10. The normalized spacial score (nSPS) is 15.3. The minimum Gasteiger partial charge on any atom is -0.464 e. The zero-order valence-electron chi connectivity index (χ0n) is 7.12. The number of aliphatic hydroxyl groups excluding tert-OH is 1. The predicted octanol–water partition coefficient (Wildman–Crippen LogP) is 0.243. The number of esters is 1. The van der Waals surface area contributed by atoms with Crippen LogP contribution in [0.4, 0.5) is 4.39 Å². The molecular formula is C7H13FO4. The first-order valence-corrected chi connectivity index (χ1v) is 3.73. The van der Waals surface area contributed by atoms with Gasteiger partial charge in [-0.1, -0.05) is 0 Å². The van der Waals surface area contributed by atoms with Gasteiger partial charge in [0.2, 0.25) is 6.17 Å². The van der Waals surface area contributed by atoms with Gasteiger partial charge in [-0.05, 0) is 13.8 Å². The SMILES string of the molecule is CCOC(=O)[C@H](F)C(O)OCC. The summed E-state index contributed by atoms with van der Waals surface area (Å²) in [6.07, 6.45) is -3.85. The number of aliphatic hydroxyl groups is 1. The molecule has 1 unspecified atom stereocenters. The molecule has 0 saturated carbocycles. The Bertz CT molecular complexity index is 139. The van der Waals surface area contributed by atoms with E-state index in [4.69, 9.17) is 5.11 Å². The van der Waals surface area contributed by atoms with Crippen molar-refractivity contribution in [2.75, 3.05) is 13.2 Å². The number of rotatable bonds is 5. The summed E-state index contributed by atoms with van der Waals surface area (Å²) < 4.78 is 21.5. The Morgan fingerprint density at radius 2 is 2.08 bits per heavy atom. The molecule has 0 aliphatic rings. The van der Waals surface area contributed by atoms with Crippen LogP contribution in [-0.4, -0.2) is 36.8 Å². The Morgan fingerprint density at radius 1 is 1.50 bits per heavy atom. The van der Waals surface area contributed by atoms with Crippen molar-refractivity contribution in [1.29, 1.82) is 0 Å². The second-order valence-electron chi connectivity index (χ2n) is 2.00. The van der Waals surface area contributed by atoms with Crippen LogP contribution in [0.15, 0.2) is 0 Å². The van der Waals surface area contributed by atoms with Gasteiger partial charge in [0.1, 0.15) is 0 Å². The highest BCUT2D eigenvalue weighted by atomic mass is 19.1. The van der Waals surface area contributed by atoms with Crippen LogP contribution in [0.25, 0.3) is 0 Å². The van der Waals surface area contributed by atoms with Crippen molar-refractivity contribution >= 4 is 5.97 Å². The molecule has 0 aromatic rings. The van der Waals surface area contributed by atoms with Crippen LogP contribution in [0, 0.1) is 0 Å². The van der Waals surface area contributed by atoms with Crippen molar-refractivity contribution < 1.29 is 23.8 Å². The third kappa shape index (κ3) is 3.64. The number of hydrogen-bond donors (Lipinski definition) is 1. The lowest BCUT2D eigenvalue weighted by Crippen LogP contribution is -2.33. The molecule has 2 atom stereocenters. The average Bonchev–Trinajstić information content (AvgIpc) is 2.04. The fraction of sp³-hybridized carbons (Fsp3) is 0.857. The van der Waals surface area contributed by atoms with E-state index in [0.29, 0.717) is 0 Å². The number of carbonyl (C=O) groups excluding carboxylic acids is 1. The topological polar surface area (TPSA) is 55.8 Å². The first-order valence-electron chi connectivity index (χ1n) is 3.73. The lowest BCUT2D eigenvalue weighted by Gasteiger charge is -2.13. The average molecular weight is 180 g/mol. The molecule has 5 heteroatoms. The molecule has 0 bridgehead atoms. The smallest absolute Gasteiger partial charge is 0.346 e. The van der Waals surface area contributed by atoms with Gasteiger partial charge in [-0.25, -0.2) is 9.18 Å². The van der Waals surface area contributed by atoms with Gasteiger partial charge in [0, 0.05) is 6.61 Å². The highest BCUT2D eigenvalue weighted by Gasteiger charge is 2.27. The molecule has 0 saturated heterocycles. The number of alkyl halides is 1. The minimum atomic E-state index is -2.12. The van der Waals surface area contributed by atoms with Crippen LogP contribution >= 0.6 is 0 Å². The first kappa shape index (κ1) is 11.3. The summed E-state index contributed by atoms with van der Waals surface area (Å²) in [6, 6.07) is 0. The standard InChI is InChI=1S/C7H13FO4/c1-3-11-6(9)5(8)7(10)12-4-2/h5-6,9H,3-4H2,1-2H3/t5-,6?/m1/s1. The van der Waals surface area contributed by atoms with E-state index in [0.717, 1.165) is 0 Å². The Kier molecular flexibility index (Phi) is 5.57. The van der Waals surface area contributed by atoms with Crippen LogP contribution < -0.4 is 0 Å². The van der Waals surface area contributed by atoms with Crippen molar-refractivity contribution in [3.8, 4) is 0 Å². The van der Waals surface area contributed by atoms with Crippen LogP contribution in [0.2, 0.25) is 0 Å². The highest BCUT2D eigenvalue weighted by Crippen LogP contribution is 2.03. The highest BCUT2D eigenvalue weighted by molar-refractivity contribution is 5.74. The summed E-state index contributed by atoms with van der Waals surface area (Å²) in [5.74, 6) is -1.10. The molecule has 0 spiro atoms. The summed E-state index contributed by atoms with van der Waals surface area (Å²) in [4.78, 5) is 10.6. The molecule has 12 heavy (non-hydrogen) atoms. The number of hydrogen-bond acceptors (Lipinski definition) is 4. The van der Waals surface area contributed by atoms with E-state index in [1.54, 1.807) is 13.8 Å². The van der Waals surface area contributed by atoms with E-state index in [-0.39, 0.29) is 13.2 Å². The molecule has 0 aromatic heterocycles. The molecule has 0 aliphatic heterocycles. The monoisotopic (exact) mass is 180 g/mol. The van der Waals surface area contributed by atoms with Crippen molar-refractivity contribution in [1.82, 2.24) is 0 Å². The van der Waals surface area contributed by atoms with Crippen LogP contribution in [-0.2, 0) is 14.3 Å². The number of carbonyl (C=O) groups is 1. The molecular weight excluding hydrogens is 167 g/mol. The van der Waals surface area contributed by atoms with Crippen LogP contribution in [0.1, 0.15) is 13.8 Å². The van der Waals surface area contributed by atoms with Gasteiger partial charge in [-0.15, -0.1) is 0 Å². The zero-order chi connectivity index (χ0) is 9.56. The zero-order valence-corrected chi connectivity index (χ0v) is 7.12.